The minimum atomic E-state index is -0.192. The van der Waals surface area contributed by atoms with Crippen molar-refractivity contribution in [1.29, 1.82) is 0 Å². The zero-order valence-corrected chi connectivity index (χ0v) is 11.1. The van der Waals surface area contributed by atoms with E-state index in [9.17, 15) is 4.39 Å². The van der Waals surface area contributed by atoms with Crippen LogP contribution in [0.2, 0.25) is 0 Å². The van der Waals surface area contributed by atoms with Crippen LogP contribution >= 0.6 is 15.9 Å². The van der Waals surface area contributed by atoms with Crippen LogP contribution in [0.4, 0.5) is 10.1 Å². The summed E-state index contributed by atoms with van der Waals surface area (Å²) in [5.74, 6) is -0.192. The molecule has 0 radical (unpaired) electrons. The summed E-state index contributed by atoms with van der Waals surface area (Å²) in [7, 11) is 0. The van der Waals surface area contributed by atoms with E-state index < -0.39 is 0 Å². The summed E-state index contributed by atoms with van der Waals surface area (Å²) in [6.07, 6.45) is 0. The van der Waals surface area contributed by atoms with Gasteiger partial charge in [0.05, 0.1) is 0 Å². The Morgan fingerprint density at radius 1 is 1.25 bits per heavy atom. The zero-order chi connectivity index (χ0) is 11.7. The summed E-state index contributed by atoms with van der Waals surface area (Å²) in [6.45, 7) is 6.19. The molecule has 2 nitrogen and oxygen atoms in total. The second kappa shape index (κ2) is 4.72. The lowest BCUT2D eigenvalue weighted by atomic mass is 10.1. The van der Waals surface area contributed by atoms with E-state index in [4.69, 9.17) is 0 Å². The molecule has 2 rings (SSSR count). The summed E-state index contributed by atoms with van der Waals surface area (Å²) in [5, 5.41) is 3.37. The van der Waals surface area contributed by atoms with E-state index in [2.05, 4.69) is 40.0 Å². The summed E-state index contributed by atoms with van der Waals surface area (Å²) in [6, 6.07) is 5.83. The SMILES string of the molecule is CC1CNC[C@@H](C)N1c1cc(F)cc(Br)c1. The third-order valence-corrected chi connectivity index (χ3v) is 3.43. The zero-order valence-electron chi connectivity index (χ0n) is 9.50. The first-order chi connectivity index (χ1) is 7.58. The number of nitrogens with one attached hydrogen (secondary N) is 1. The minimum Gasteiger partial charge on any atom is -0.363 e. The van der Waals surface area contributed by atoms with Crippen molar-refractivity contribution in [2.45, 2.75) is 25.9 Å². The van der Waals surface area contributed by atoms with E-state index in [1.807, 2.05) is 6.07 Å². The van der Waals surface area contributed by atoms with Crippen molar-refractivity contribution in [3.63, 3.8) is 0 Å². The molecule has 0 spiro atoms. The molecule has 0 amide bonds. The molecule has 1 aliphatic heterocycles. The van der Waals surface area contributed by atoms with Crippen molar-refractivity contribution in [2.75, 3.05) is 18.0 Å². The number of nitrogens with zero attached hydrogens (tertiary/aromatic N) is 1. The van der Waals surface area contributed by atoms with E-state index in [1.54, 1.807) is 6.07 Å². The number of rotatable bonds is 1. The van der Waals surface area contributed by atoms with Gasteiger partial charge < -0.3 is 10.2 Å². The Morgan fingerprint density at radius 2 is 1.88 bits per heavy atom. The van der Waals surface area contributed by atoms with Gasteiger partial charge in [-0.25, -0.2) is 4.39 Å². The standard InChI is InChI=1S/C12H16BrFN2/c1-8-6-15-7-9(2)16(8)12-4-10(13)3-11(14)5-12/h3-5,8-9,15H,6-7H2,1-2H3/t8-,9?/m1/s1. The molecule has 1 unspecified atom stereocenters. The van der Waals surface area contributed by atoms with Gasteiger partial charge in [0.25, 0.3) is 0 Å². The summed E-state index contributed by atoms with van der Waals surface area (Å²) >= 11 is 3.34. The lowest BCUT2D eigenvalue weighted by Gasteiger charge is -2.41. The predicted molar refractivity (Wildman–Crippen MR) is 68.4 cm³/mol. The summed E-state index contributed by atoms with van der Waals surface area (Å²) in [5.41, 5.74) is 0.952. The average molecular weight is 287 g/mol. The normalized spacial score (nSPS) is 25.9. The second-order valence-electron chi connectivity index (χ2n) is 4.39. The molecule has 1 aliphatic rings. The van der Waals surface area contributed by atoms with Gasteiger partial charge in [-0.2, -0.15) is 0 Å². The van der Waals surface area contributed by atoms with E-state index in [0.29, 0.717) is 12.1 Å². The molecular weight excluding hydrogens is 271 g/mol. The molecule has 1 heterocycles. The molecule has 1 aromatic carbocycles. The fraction of sp³-hybridized carbons (Fsp3) is 0.500. The molecule has 1 N–H and O–H groups in total. The molecule has 0 bridgehead atoms. The largest absolute Gasteiger partial charge is 0.363 e. The molecule has 4 heteroatoms. The first kappa shape index (κ1) is 11.9. The van der Waals surface area contributed by atoms with Crippen LogP contribution in [-0.2, 0) is 0 Å². The van der Waals surface area contributed by atoms with Crippen molar-refractivity contribution in [3.8, 4) is 0 Å². The van der Waals surface area contributed by atoms with E-state index in [1.165, 1.54) is 6.07 Å². The minimum absolute atomic E-state index is 0.192. The molecule has 0 aromatic heterocycles. The fourth-order valence-electron chi connectivity index (χ4n) is 2.33. The maximum atomic E-state index is 13.4. The smallest absolute Gasteiger partial charge is 0.126 e. The van der Waals surface area contributed by atoms with Crippen LogP contribution in [0.5, 0.6) is 0 Å². The molecule has 88 valence electrons. The topological polar surface area (TPSA) is 15.3 Å². The molecule has 1 saturated heterocycles. The van der Waals surface area contributed by atoms with Gasteiger partial charge in [-0.15, -0.1) is 0 Å². The lowest BCUT2D eigenvalue weighted by Crippen LogP contribution is -2.55. The van der Waals surface area contributed by atoms with E-state index >= 15 is 0 Å². The monoisotopic (exact) mass is 286 g/mol. The molecule has 2 atom stereocenters. The highest BCUT2D eigenvalue weighted by Gasteiger charge is 2.24. The van der Waals surface area contributed by atoms with Crippen LogP contribution in [-0.4, -0.2) is 25.2 Å². The molecule has 0 aliphatic carbocycles. The van der Waals surface area contributed by atoms with Crippen molar-refractivity contribution in [2.24, 2.45) is 0 Å². The van der Waals surface area contributed by atoms with Crippen molar-refractivity contribution >= 4 is 21.6 Å². The quantitative estimate of drug-likeness (QED) is 0.854. The Kier molecular flexibility index (Phi) is 3.50. The maximum Gasteiger partial charge on any atom is 0.126 e. The Hall–Kier alpha value is -0.610. The molecular formula is C12H16BrFN2. The highest BCUT2D eigenvalue weighted by Crippen LogP contribution is 2.26. The number of hydrogen-bond acceptors (Lipinski definition) is 2. The van der Waals surface area contributed by atoms with Gasteiger partial charge in [0.1, 0.15) is 5.82 Å². The van der Waals surface area contributed by atoms with E-state index in [0.717, 1.165) is 23.2 Å². The molecule has 16 heavy (non-hydrogen) atoms. The van der Waals surface area contributed by atoms with E-state index in [-0.39, 0.29) is 5.82 Å². The molecule has 1 aromatic rings. The van der Waals surface area contributed by atoms with Gasteiger partial charge in [-0.3, -0.25) is 0 Å². The lowest BCUT2D eigenvalue weighted by molar-refractivity contribution is 0.431. The Morgan fingerprint density at radius 3 is 2.44 bits per heavy atom. The van der Waals surface area contributed by atoms with Crippen LogP contribution in [0.25, 0.3) is 0 Å². The molecule has 0 saturated carbocycles. The Balaban J connectivity index is 2.33. The van der Waals surface area contributed by atoms with Gasteiger partial charge >= 0.3 is 0 Å². The van der Waals surface area contributed by atoms with Crippen LogP contribution in [0, 0.1) is 5.82 Å². The average Bonchev–Trinajstić information content (AvgIpc) is 2.15. The van der Waals surface area contributed by atoms with Gasteiger partial charge in [0, 0.05) is 35.3 Å². The van der Waals surface area contributed by atoms with Crippen molar-refractivity contribution < 1.29 is 4.39 Å². The second-order valence-corrected chi connectivity index (χ2v) is 5.31. The third-order valence-electron chi connectivity index (χ3n) is 2.97. The Bertz CT molecular complexity index is 353. The number of anilines is 1. The predicted octanol–water partition coefficient (Wildman–Crippen LogP) is 2.77. The van der Waals surface area contributed by atoms with Gasteiger partial charge in [-0.05, 0) is 32.0 Å². The summed E-state index contributed by atoms with van der Waals surface area (Å²) < 4.78 is 14.2. The van der Waals surface area contributed by atoms with Gasteiger partial charge in [0.15, 0.2) is 0 Å². The third kappa shape index (κ3) is 2.38. The van der Waals surface area contributed by atoms with Crippen molar-refractivity contribution in [1.82, 2.24) is 5.32 Å². The Labute approximate surface area is 104 Å². The number of benzene rings is 1. The molecule has 1 fully saturated rings. The highest BCUT2D eigenvalue weighted by atomic mass is 79.9. The first-order valence-electron chi connectivity index (χ1n) is 5.53. The van der Waals surface area contributed by atoms with Crippen LogP contribution in [0.1, 0.15) is 13.8 Å². The van der Waals surface area contributed by atoms with Gasteiger partial charge in [0.2, 0.25) is 0 Å². The van der Waals surface area contributed by atoms with Gasteiger partial charge in [-0.1, -0.05) is 15.9 Å². The van der Waals surface area contributed by atoms with Crippen LogP contribution < -0.4 is 10.2 Å². The number of piperazine rings is 1. The highest BCUT2D eigenvalue weighted by molar-refractivity contribution is 9.10. The van der Waals surface area contributed by atoms with Crippen molar-refractivity contribution in [3.05, 3.63) is 28.5 Å². The number of hydrogen-bond donors (Lipinski definition) is 1. The fourth-order valence-corrected chi connectivity index (χ4v) is 2.78. The first-order valence-corrected chi connectivity index (χ1v) is 6.32. The maximum absolute atomic E-state index is 13.4. The summed E-state index contributed by atoms with van der Waals surface area (Å²) in [4.78, 5) is 2.27. The van der Waals surface area contributed by atoms with Crippen LogP contribution in [0.15, 0.2) is 22.7 Å². The van der Waals surface area contributed by atoms with Crippen LogP contribution in [0.3, 0.4) is 0 Å². The number of halogens is 2.